The molecule has 3 aromatic rings. The fourth-order valence-corrected chi connectivity index (χ4v) is 2.41. The topological polar surface area (TPSA) is 94.3 Å². The van der Waals surface area contributed by atoms with Crippen molar-refractivity contribution in [1.82, 2.24) is 15.0 Å². The average molecular weight is 281 g/mol. The monoisotopic (exact) mass is 281 g/mol. The number of hydrogen-bond acceptors (Lipinski definition) is 4. The van der Waals surface area contributed by atoms with E-state index in [4.69, 9.17) is 18.0 Å². The lowest BCUT2D eigenvalue weighted by molar-refractivity contribution is 1.07. The Kier molecular flexibility index (Phi) is 3.06. The predicted octanol–water partition coefficient (Wildman–Crippen LogP) is 2.62. The summed E-state index contributed by atoms with van der Waals surface area (Å²) < 4.78 is 0.441. The maximum atomic E-state index is 9.41. The van der Waals surface area contributed by atoms with Crippen LogP contribution >= 0.6 is 12.2 Å². The molecule has 0 aliphatic carbocycles. The molecular formula is C14H11N5S. The summed E-state index contributed by atoms with van der Waals surface area (Å²) in [5, 5.41) is 9.41. The van der Waals surface area contributed by atoms with Crippen LogP contribution in [0.3, 0.4) is 0 Å². The second-order valence-corrected chi connectivity index (χ2v) is 4.74. The molecule has 0 fully saturated rings. The van der Waals surface area contributed by atoms with Gasteiger partial charge in [-0.05, 0) is 17.2 Å². The van der Waals surface area contributed by atoms with E-state index in [2.05, 4.69) is 21.0 Å². The van der Waals surface area contributed by atoms with Crippen molar-refractivity contribution in [3.8, 4) is 17.3 Å². The molecule has 2 aromatic heterocycles. The maximum absolute atomic E-state index is 9.41. The third-order valence-corrected chi connectivity index (χ3v) is 3.48. The van der Waals surface area contributed by atoms with Gasteiger partial charge < -0.3 is 15.7 Å². The van der Waals surface area contributed by atoms with Gasteiger partial charge in [-0.25, -0.2) is 4.98 Å². The van der Waals surface area contributed by atoms with E-state index in [9.17, 15) is 5.26 Å². The zero-order chi connectivity index (χ0) is 14.1. The van der Waals surface area contributed by atoms with Gasteiger partial charge in [-0.15, -0.1) is 0 Å². The Balaban J connectivity index is 2.34. The Hall–Kier alpha value is -2.49. The number of fused-ring (bicyclic) bond motifs is 1. The standard InChI is InChI=1S/C14H11N5S/c15-5-8-2-1-3-9(4-8)11-10(6-16)12-13(19-11)14(20)18-7-17-12/h1-4,7,19H,5,15H2,(H,17,18,20). The van der Waals surface area contributed by atoms with Crippen molar-refractivity contribution in [3.05, 3.63) is 46.4 Å². The van der Waals surface area contributed by atoms with Crippen LogP contribution in [0.15, 0.2) is 30.6 Å². The highest BCUT2D eigenvalue weighted by molar-refractivity contribution is 7.71. The number of benzene rings is 1. The van der Waals surface area contributed by atoms with Crippen molar-refractivity contribution in [1.29, 1.82) is 5.26 Å². The number of hydrogen-bond donors (Lipinski definition) is 3. The van der Waals surface area contributed by atoms with Crippen molar-refractivity contribution in [3.63, 3.8) is 0 Å². The van der Waals surface area contributed by atoms with E-state index in [0.717, 1.165) is 16.8 Å². The van der Waals surface area contributed by atoms with Crippen LogP contribution in [0.1, 0.15) is 11.1 Å². The van der Waals surface area contributed by atoms with Crippen molar-refractivity contribution < 1.29 is 0 Å². The molecule has 4 N–H and O–H groups in total. The van der Waals surface area contributed by atoms with Gasteiger partial charge in [0.1, 0.15) is 17.1 Å². The minimum atomic E-state index is 0.441. The van der Waals surface area contributed by atoms with Crippen molar-refractivity contribution in [2.75, 3.05) is 0 Å². The molecule has 0 saturated heterocycles. The van der Waals surface area contributed by atoms with Gasteiger partial charge in [0, 0.05) is 6.54 Å². The van der Waals surface area contributed by atoms with Gasteiger partial charge >= 0.3 is 0 Å². The summed E-state index contributed by atoms with van der Waals surface area (Å²) in [6.45, 7) is 0.454. The Morgan fingerprint density at radius 1 is 1.35 bits per heavy atom. The highest BCUT2D eigenvalue weighted by atomic mass is 32.1. The molecule has 1 aromatic carbocycles. The average Bonchev–Trinajstić information content (AvgIpc) is 2.87. The van der Waals surface area contributed by atoms with Gasteiger partial charge in [-0.3, -0.25) is 0 Å². The quantitative estimate of drug-likeness (QED) is 0.629. The Labute approximate surface area is 120 Å². The Bertz CT molecular complexity index is 884. The number of nitriles is 1. The summed E-state index contributed by atoms with van der Waals surface area (Å²) in [5.74, 6) is 0. The first-order valence-electron chi connectivity index (χ1n) is 6.03. The van der Waals surface area contributed by atoms with Crippen LogP contribution < -0.4 is 5.73 Å². The molecule has 0 aliphatic heterocycles. The molecule has 0 saturated carbocycles. The lowest BCUT2D eigenvalue weighted by atomic mass is 10.1. The van der Waals surface area contributed by atoms with Crippen LogP contribution in [0, 0.1) is 16.0 Å². The van der Waals surface area contributed by atoms with Crippen molar-refractivity contribution >= 4 is 23.3 Å². The number of nitrogens with one attached hydrogen (secondary N) is 2. The molecule has 3 rings (SSSR count). The van der Waals surface area contributed by atoms with Crippen LogP contribution in [0.5, 0.6) is 0 Å². The summed E-state index contributed by atoms with van der Waals surface area (Å²) in [6, 6.07) is 9.97. The van der Waals surface area contributed by atoms with E-state index < -0.39 is 0 Å². The summed E-state index contributed by atoms with van der Waals surface area (Å²) >= 11 is 5.18. The second-order valence-electron chi connectivity index (χ2n) is 4.35. The normalized spacial score (nSPS) is 10.6. The zero-order valence-electron chi connectivity index (χ0n) is 10.5. The van der Waals surface area contributed by atoms with E-state index in [1.165, 1.54) is 6.33 Å². The SMILES string of the molecule is N#Cc1c(-c2cccc(CN)c2)[nH]c2c(=S)nc[nH]c12. The fraction of sp³-hybridized carbons (Fsp3) is 0.0714. The summed E-state index contributed by atoms with van der Waals surface area (Å²) in [5.41, 5.74) is 10.2. The molecule has 0 aliphatic rings. The lowest BCUT2D eigenvalue weighted by Gasteiger charge is -2.02. The molecular weight excluding hydrogens is 270 g/mol. The molecule has 6 heteroatoms. The summed E-state index contributed by atoms with van der Waals surface area (Å²) in [7, 11) is 0. The molecule has 20 heavy (non-hydrogen) atoms. The fourth-order valence-electron chi connectivity index (χ4n) is 2.21. The van der Waals surface area contributed by atoms with E-state index in [0.29, 0.717) is 27.8 Å². The predicted molar refractivity (Wildman–Crippen MR) is 79.3 cm³/mol. The number of aromatic amines is 2. The van der Waals surface area contributed by atoms with Gasteiger partial charge in [-0.2, -0.15) is 5.26 Å². The van der Waals surface area contributed by atoms with Crippen LogP contribution in [0.2, 0.25) is 0 Å². The number of aromatic nitrogens is 3. The van der Waals surface area contributed by atoms with Gasteiger partial charge in [-0.1, -0.05) is 30.4 Å². The van der Waals surface area contributed by atoms with Crippen molar-refractivity contribution in [2.45, 2.75) is 6.54 Å². The summed E-state index contributed by atoms with van der Waals surface area (Å²) in [4.78, 5) is 10.2. The number of rotatable bonds is 2. The third kappa shape index (κ3) is 1.90. The van der Waals surface area contributed by atoms with Crippen LogP contribution in [0.4, 0.5) is 0 Å². The van der Waals surface area contributed by atoms with Crippen LogP contribution in [0.25, 0.3) is 22.3 Å². The van der Waals surface area contributed by atoms with E-state index >= 15 is 0 Å². The number of nitrogens with two attached hydrogens (primary N) is 1. The maximum Gasteiger partial charge on any atom is 0.153 e. The first kappa shape index (κ1) is 12.5. The first-order valence-corrected chi connectivity index (χ1v) is 6.44. The minimum Gasteiger partial charge on any atom is -0.350 e. The van der Waals surface area contributed by atoms with Crippen LogP contribution in [-0.4, -0.2) is 15.0 Å². The molecule has 98 valence electrons. The van der Waals surface area contributed by atoms with E-state index in [1.54, 1.807) is 0 Å². The smallest absolute Gasteiger partial charge is 0.153 e. The Morgan fingerprint density at radius 3 is 2.95 bits per heavy atom. The number of H-pyrrole nitrogens is 2. The van der Waals surface area contributed by atoms with Gasteiger partial charge in [0.05, 0.1) is 17.5 Å². The van der Waals surface area contributed by atoms with E-state index in [-0.39, 0.29) is 0 Å². The largest absolute Gasteiger partial charge is 0.350 e. The van der Waals surface area contributed by atoms with Gasteiger partial charge in [0.25, 0.3) is 0 Å². The summed E-state index contributed by atoms with van der Waals surface area (Å²) in [6.07, 6.45) is 1.50. The van der Waals surface area contributed by atoms with Crippen LogP contribution in [-0.2, 0) is 6.54 Å². The molecule has 0 radical (unpaired) electrons. The van der Waals surface area contributed by atoms with Gasteiger partial charge in [0.2, 0.25) is 0 Å². The highest BCUT2D eigenvalue weighted by Crippen LogP contribution is 2.29. The molecule has 0 atom stereocenters. The number of nitrogens with zero attached hydrogens (tertiary/aromatic N) is 2. The molecule has 2 heterocycles. The third-order valence-electron chi connectivity index (χ3n) is 3.17. The lowest BCUT2D eigenvalue weighted by Crippen LogP contribution is -1.96. The van der Waals surface area contributed by atoms with Gasteiger partial charge in [0.15, 0.2) is 4.64 Å². The molecule has 0 unspecified atom stereocenters. The molecule has 5 nitrogen and oxygen atoms in total. The molecule has 0 amide bonds. The minimum absolute atomic E-state index is 0.441. The van der Waals surface area contributed by atoms with E-state index in [1.807, 2.05) is 24.3 Å². The molecule has 0 spiro atoms. The highest BCUT2D eigenvalue weighted by Gasteiger charge is 2.14. The van der Waals surface area contributed by atoms with Crippen molar-refractivity contribution in [2.24, 2.45) is 5.73 Å². The zero-order valence-corrected chi connectivity index (χ0v) is 11.3. The second kappa shape index (κ2) is 4.89. The Morgan fingerprint density at radius 2 is 2.20 bits per heavy atom. The molecule has 0 bridgehead atoms. The first-order chi connectivity index (χ1) is 9.74.